The van der Waals surface area contributed by atoms with E-state index >= 15 is 0 Å². The fourth-order valence-electron chi connectivity index (χ4n) is 2.34. The number of nitrogens with two attached hydrogens (primary N) is 1. The van der Waals surface area contributed by atoms with Gasteiger partial charge in [-0.1, -0.05) is 43.2 Å². The quantitative estimate of drug-likeness (QED) is 0.729. The summed E-state index contributed by atoms with van der Waals surface area (Å²) in [6.45, 7) is 0.759. The molecule has 4 heteroatoms. The number of nitrogens with one attached hydrogen (secondary N) is 2. The van der Waals surface area contributed by atoms with Crippen molar-refractivity contribution in [3.63, 3.8) is 0 Å². The second-order valence-electron chi connectivity index (χ2n) is 4.87. The summed E-state index contributed by atoms with van der Waals surface area (Å²) >= 11 is 5.31. The Morgan fingerprint density at radius 2 is 1.94 bits per heavy atom. The van der Waals surface area contributed by atoms with E-state index in [1.54, 1.807) is 0 Å². The summed E-state index contributed by atoms with van der Waals surface area (Å²) in [5.74, 6) is 0. The van der Waals surface area contributed by atoms with Crippen molar-refractivity contribution in [3.8, 4) is 0 Å². The summed E-state index contributed by atoms with van der Waals surface area (Å²) in [7, 11) is 0. The Bertz CT molecular complexity index is 380. The van der Waals surface area contributed by atoms with E-state index in [1.165, 1.54) is 18.4 Å². The van der Waals surface area contributed by atoms with Gasteiger partial charge in [-0.15, -0.1) is 0 Å². The molecule has 0 heterocycles. The van der Waals surface area contributed by atoms with Crippen LogP contribution < -0.4 is 16.4 Å². The van der Waals surface area contributed by atoms with Gasteiger partial charge in [0.1, 0.15) is 0 Å². The Morgan fingerprint density at radius 3 is 2.67 bits per heavy atom. The normalized spacial score (nSPS) is 23.4. The van der Waals surface area contributed by atoms with Crippen LogP contribution >= 0.6 is 12.2 Å². The zero-order valence-electron chi connectivity index (χ0n) is 10.6. The molecule has 98 valence electrons. The molecule has 4 N–H and O–H groups in total. The predicted octanol–water partition coefficient (Wildman–Crippen LogP) is 1.92. The Morgan fingerprint density at radius 1 is 1.22 bits per heavy atom. The zero-order chi connectivity index (χ0) is 12.8. The van der Waals surface area contributed by atoms with Crippen molar-refractivity contribution in [2.24, 2.45) is 5.73 Å². The lowest BCUT2D eigenvalue weighted by Crippen LogP contribution is -2.51. The maximum absolute atomic E-state index is 6.08. The Kier molecular flexibility index (Phi) is 4.96. The van der Waals surface area contributed by atoms with Crippen molar-refractivity contribution < 1.29 is 0 Å². The van der Waals surface area contributed by atoms with Crippen molar-refractivity contribution in [2.45, 2.75) is 44.3 Å². The molecule has 0 aromatic heterocycles. The van der Waals surface area contributed by atoms with Gasteiger partial charge >= 0.3 is 0 Å². The van der Waals surface area contributed by atoms with Crippen molar-refractivity contribution >= 4 is 17.3 Å². The van der Waals surface area contributed by atoms with Gasteiger partial charge in [0.05, 0.1) is 0 Å². The van der Waals surface area contributed by atoms with E-state index in [2.05, 4.69) is 22.8 Å². The molecule has 1 aliphatic carbocycles. The second kappa shape index (κ2) is 6.71. The van der Waals surface area contributed by atoms with Crippen LogP contribution in [-0.4, -0.2) is 17.2 Å². The zero-order valence-corrected chi connectivity index (χ0v) is 11.4. The number of rotatable bonds is 3. The number of thiocarbonyl (C=S) groups is 1. The average Bonchev–Trinajstić information content (AvgIpc) is 2.40. The minimum atomic E-state index is 0.232. The molecule has 2 rings (SSSR count). The lowest BCUT2D eigenvalue weighted by molar-refractivity contribution is 0.359. The summed E-state index contributed by atoms with van der Waals surface area (Å²) in [6.07, 6.45) is 4.70. The Hall–Kier alpha value is -1.13. The molecule has 3 nitrogen and oxygen atoms in total. The topological polar surface area (TPSA) is 50.1 Å². The fourth-order valence-corrected chi connectivity index (χ4v) is 2.56. The lowest BCUT2D eigenvalue weighted by atomic mass is 9.91. The molecule has 0 radical (unpaired) electrons. The molecular formula is C14H21N3S. The largest absolute Gasteiger partial charge is 0.359 e. The Labute approximate surface area is 114 Å². The SMILES string of the molecule is N[C@H]1CCCC[C@@H]1NC(=S)NCc1ccccc1. The van der Waals surface area contributed by atoms with Gasteiger partial charge in [0.15, 0.2) is 5.11 Å². The number of benzene rings is 1. The van der Waals surface area contributed by atoms with E-state index in [4.69, 9.17) is 18.0 Å². The molecule has 1 fully saturated rings. The van der Waals surface area contributed by atoms with Gasteiger partial charge in [-0.3, -0.25) is 0 Å². The van der Waals surface area contributed by atoms with E-state index in [0.29, 0.717) is 11.2 Å². The van der Waals surface area contributed by atoms with Crippen LogP contribution in [0.5, 0.6) is 0 Å². The van der Waals surface area contributed by atoms with E-state index in [1.807, 2.05) is 18.2 Å². The summed E-state index contributed by atoms with van der Waals surface area (Å²) in [4.78, 5) is 0. The third kappa shape index (κ3) is 3.96. The first kappa shape index (κ1) is 13.3. The molecule has 1 aromatic carbocycles. The summed E-state index contributed by atoms with van der Waals surface area (Å²) in [6, 6.07) is 10.8. The van der Waals surface area contributed by atoms with Crippen molar-refractivity contribution in [2.75, 3.05) is 0 Å². The van der Waals surface area contributed by atoms with Gasteiger partial charge in [0, 0.05) is 18.6 Å². The minimum absolute atomic E-state index is 0.232. The van der Waals surface area contributed by atoms with Gasteiger partial charge in [-0.2, -0.15) is 0 Å². The third-order valence-electron chi connectivity index (χ3n) is 3.43. The van der Waals surface area contributed by atoms with Gasteiger partial charge < -0.3 is 16.4 Å². The molecule has 0 spiro atoms. The highest BCUT2D eigenvalue weighted by Crippen LogP contribution is 2.16. The molecule has 1 aromatic rings. The van der Waals surface area contributed by atoms with Gasteiger partial charge in [-0.05, 0) is 30.6 Å². The highest BCUT2D eigenvalue weighted by molar-refractivity contribution is 7.80. The molecule has 0 amide bonds. The fraction of sp³-hybridized carbons (Fsp3) is 0.500. The predicted molar refractivity (Wildman–Crippen MR) is 79.2 cm³/mol. The Balaban J connectivity index is 1.75. The lowest BCUT2D eigenvalue weighted by Gasteiger charge is -2.30. The van der Waals surface area contributed by atoms with Crippen molar-refractivity contribution in [1.29, 1.82) is 0 Å². The van der Waals surface area contributed by atoms with Crippen LogP contribution in [0.25, 0.3) is 0 Å². The molecule has 0 unspecified atom stereocenters. The summed E-state index contributed by atoms with van der Waals surface area (Å²) in [5.41, 5.74) is 7.32. The molecule has 1 aliphatic rings. The first-order valence-electron chi connectivity index (χ1n) is 6.59. The summed E-state index contributed by atoms with van der Waals surface area (Å²) in [5, 5.41) is 7.28. The molecule has 0 aliphatic heterocycles. The first-order valence-corrected chi connectivity index (χ1v) is 7.00. The van der Waals surface area contributed by atoms with Crippen LogP contribution in [0, 0.1) is 0 Å². The third-order valence-corrected chi connectivity index (χ3v) is 3.69. The highest BCUT2D eigenvalue weighted by Gasteiger charge is 2.21. The molecule has 0 saturated heterocycles. The smallest absolute Gasteiger partial charge is 0.166 e. The monoisotopic (exact) mass is 263 g/mol. The standard InChI is InChI=1S/C14H21N3S/c15-12-8-4-5-9-13(12)17-14(18)16-10-11-6-2-1-3-7-11/h1-3,6-7,12-13H,4-5,8-10,15H2,(H2,16,17,18)/t12-,13-/m0/s1. The number of hydrogen-bond donors (Lipinski definition) is 3. The van der Waals surface area contributed by atoms with Crippen LogP contribution in [0.3, 0.4) is 0 Å². The van der Waals surface area contributed by atoms with Crippen LogP contribution in [-0.2, 0) is 6.54 Å². The molecule has 2 atom stereocenters. The molecule has 18 heavy (non-hydrogen) atoms. The minimum Gasteiger partial charge on any atom is -0.359 e. The average molecular weight is 263 g/mol. The molecule has 1 saturated carbocycles. The van der Waals surface area contributed by atoms with Gasteiger partial charge in [0.2, 0.25) is 0 Å². The van der Waals surface area contributed by atoms with E-state index in [9.17, 15) is 0 Å². The van der Waals surface area contributed by atoms with E-state index in [-0.39, 0.29) is 6.04 Å². The van der Waals surface area contributed by atoms with E-state index < -0.39 is 0 Å². The van der Waals surface area contributed by atoms with E-state index in [0.717, 1.165) is 19.4 Å². The van der Waals surface area contributed by atoms with Crippen LogP contribution in [0.15, 0.2) is 30.3 Å². The number of hydrogen-bond acceptors (Lipinski definition) is 2. The maximum Gasteiger partial charge on any atom is 0.166 e. The first-order chi connectivity index (χ1) is 8.75. The van der Waals surface area contributed by atoms with Crippen molar-refractivity contribution in [1.82, 2.24) is 10.6 Å². The molecular weight excluding hydrogens is 242 g/mol. The maximum atomic E-state index is 6.08. The van der Waals surface area contributed by atoms with Crippen molar-refractivity contribution in [3.05, 3.63) is 35.9 Å². The van der Waals surface area contributed by atoms with Gasteiger partial charge in [-0.25, -0.2) is 0 Å². The van der Waals surface area contributed by atoms with Crippen LogP contribution in [0.4, 0.5) is 0 Å². The van der Waals surface area contributed by atoms with Crippen LogP contribution in [0.1, 0.15) is 31.2 Å². The second-order valence-corrected chi connectivity index (χ2v) is 5.28. The highest BCUT2D eigenvalue weighted by atomic mass is 32.1. The van der Waals surface area contributed by atoms with Crippen LogP contribution in [0.2, 0.25) is 0 Å². The van der Waals surface area contributed by atoms with Gasteiger partial charge in [0.25, 0.3) is 0 Å². The molecule has 0 bridgehead atoms. The summed E-state index contributed by atoms with van der Waals surface area (Å²) < 4.78 is 0.